The van der Waals surface area contributed by atoms with Gasteiger partial charge >= 0.3 is 5.97 Å². The molecule has 1 aromatic carbocycles. The van der Waals surface area contributed by atoms with Crippen LogP contribution in [0.1, 0.15) is 12.5 Å². The summed E-state index contributed by atoms with van der Waals surface area (Å²) in [5.74, 6) is -0.615. The van der Waals surface area contributed by atoms with Crippen molar-refractivity contribution in [3.63, 3.8) is 0 Å². The van der Waals surface area contributed by atoms with Crippen molar-refractivity contribution in [3.05, 3.63) is 53.0 Å². The van der Waals surface area contributed by atoms with Crippen LogP contribution in [0.25, 0.3) is 21.5 Å². The molecule has 8 heteroatoms. The zero-order valence-electron chi connectivity index (χ0n) is 10.7. The number of aromatic nitrogens is 2. The van der Waals surface area contributed by atoms with Gasteiger partial charge in [-0.2, -0.15) is 0 Å². The van der Waals surface area contributed by atoms with Crippen LogP contribution in [0.2, 0.25) is 0 Å². The Hall–Kier alpha value is -3.03. The highest BCUT2D eigenvalue weighted by atomic mass is 16.5. The zero-order valence-corrected chi connectivity index (χ0v) is 10.7. The summed E-state index contributed by atoms with van der Waals surface area (Å²) in [6.07, 6.45) is 0. The quantitative estimate of drug-likeness (QED) is 0.584. The molecule has 0 bridgehead atoms. The fourth-order valence-corrected chi connectivity index (χ4v) is 2.40. The van der Waals surface area contributed by atoms with E-state index in [0.29, 0.717) is 0 Å². The number of hydrogen-bond acceptors (Lipinski definition) is 6. The van der Waals surface area contributed by atoms with Crippen molar-refractivity contribution in [2.45, 2.75) is 13.5 Å². The number of carbonyl (C=O) groups is 1. The molecule has 2 heterocycles. The van der Waals surface area contributed by atoms with Crippen LogP contribution in [0.4, 0.5) is 0 Å². The maximum atomic E-state index is 11.8. The monoisotopic (exact) mass is 288 g/mol. The predicted molar refractivity (Wildman–Crippen MR) is 73.1 cm³/mol. The second kappa shape index (κ2) is 4.23. The van der Waals surface area contributed by atoms with Gasteiger partial charge < -0.3 is 4.74 Å². The Bertz CT molecular complexity index is 1020. The molecule has 0 spiro atoms. The fourth-order valence-electron chi connectivity index (χ4n) is 2.40. The molecule has 0 aliphatic carbocycles. The van der Waals surface area contributed by atoms with E-state index in [1.54, 1.807) is 0 Å². The van der Waals surface area contributed by atoms with E-state index in [0.717, 1.165) is 0 Å². The number of ether oxygens (including phenoxy) is 1. The summed E-state index contributed by atoms with van der Waals surface area (Å²) in [5, 5.41) is -0.0915. The lowest BCUT2D eigenvalue weighted by molar-refractivity contribution is -0.142. The predicted octanol–water partition coefficient (Wildman–Crippen LogP) is -0.971. The molecule has 0 saturated heterocycles. The van der Waals surface area contributed by atoms with Gasteiger partial charge in [0.1, 0.15) is 6.61 Å². The summed E-state index contributed by atoms with van der Waals surface area (Å²) >= 11 is 0. The summed E-state index contributed by atoms with van der Waals surface area (Å²) in [6, 6.07) is 1.20. The average molecular weight is 288 g/mol. The van der Waals surface area contributed by atoms with E-state index >= 15 is 0 Å². The standard InChI is InChI=1S/C13H8N2O6/c1-4(16)21-3-7-8-5(10(17)14-12(8)19)2-6-9(7)13(20)15-11(6)18/h2H,3H2,1H3,(H,14,17,19)(H,15,18,20). The molecule has 106 valence electrons. The number of H-pyrrole nitrogens is 2. The first-order valence-corrected chi connectivity index (χ1v) is 5.94. The van der Waals surface area contributed by atoms with E-state index in [4.69, 9.17) is 4.74 Å². The first-order chi connectivity index (χ1) is 9.90. The third-order valence-electron chi connectivity index (χ3n) is 3.25. The number of aromatic amines is 2. The molecule has 0 fully saturated rings. The van der Waals surface area contributed by atoms with Crippen molar-refractivity contribution in [1.29, 1.82) is 0 Å². The highest BCUT2D eigenvalue weighted by Crippen LogP contribution is 2.21. The second-order valence-corrected chi connectivity index (χ2v) is 4.55. The van der Waals surface area contributed by atoms with Crippen molar-refractivity contribution >= 4 is 27.5 Å². The van der Waals surface area contributed by atoms with Crippen LogP contribution in [-0.2, 0) is 16.1 Å². The number of esters is 1. The summed E-state index contributed by atoms with van der Waals surface area (Å²) in [5.41, 5.74) is -2.63. The van der Waals surface area contributed by atoms with Gasteiger partial charge in [-0.3, -0.25) is 33.9 Å². The van der Waals surface area contributed by atoms with Gasteiger partial charge in [0.25, 0.3) is 22.2 Å². The van der Waals surface area contributed by atoms with Crippen molar-refractivity contribution in [2.75, 3.05) is 0 Å². The van der Waals surface area contributed by atoms with Crippen LogP contribution < -0.4 is 22.2 Å². The first kappa shape index (κ1) is 13.0. The summed E-state index contributed by atoms with van der Waals surface area (Å²) in [7, 11) is 0. The Labute approximate surface area is 114 Å². The lowest BCUT2D eigenvalue weighted by Gasteiger charge is -2.04. The minimum absolute atomic E-state index is 0.00856. The SMILES string of the molecule is CC(=O)OCc1c2c(=O)[nH]c(=O)c2cc2c(=O)[nH]c(=O)c12. The molecule has 3 aromatic rings. The number of benzene rings is 1. The molecule has 0 unspecified atom stereocenters. The number of fused-ring (bicyclic) bond motifs is 2. The molecule has 0 aliphatic rings. The summed E-state index contributed by atoms with van der Waals surface area (Å²) < 4.78 is 4.82. The minimum Gasteiger partial charge on any atom is -0.461 e. The van der Waals surface area contributed by atoms with E-state index in [1.165, 1.54) is 13.0 Å². The van der Waals surface area contributed by atoms with Crippen molar-refractivity contribution < 1.29 is 9.53 Å². The van der Waals surface area contributed by atoms with E-state index in [1.807, 2.05) is 0 Å². The van der Waals surface area contributed by atoms with E-state index in [9.17, 15) is 24.0 Å². The van der Waals surface area contributed by atoms with Crippen LogP contribution in [0.5, 0.6) is 0 Å². The molecule has 0 amide bonds. The number of nitrogens with one attached hydrogen (secondary N) is 2. The number of rotatable bonds is 2. The highest BCUT2D eigenvalue weighted by Gasteiger charge is 2.20. The number of hydrogen-bond donors (Lipinski definition) is 2. The van der Waals surface area contributed by atoms with Gasteiger partial charge in [0.15, 0.2) is 0 Å². The molecule has 0 aliphatic heterocycles. The Morgan fingerprint density at radius 3 is 1.86 bits per heavy atom. The summed E-state index contributed by atoms with van der Waals surface area (Å²) in [6.45, 7) is 0.794. The number of carbonyl (C=O) groups excluding carboxylic acids is 1. The van der Waals surface area contributed by atoms with Crippen LogP contribution in [0.3, 0.4) is 0 Å². The first-order valence-electron chi connectivity index (χ1n) is 5.94. The van der Waals surface area contributed by atoms with E-state index in [2.05, 4.69) is 9.97 Å². The fraction of sp³-hybridized carbons (Fsp3) is 0.154. The van der Waals surface area contributed by atoms with Gasteiger partial charge in [0.2, 0.25) is 0 Å². The van der Waals surface area contributed by atoms with Crippen LogP contribution in [-0.4, -0.2) is 15.9 Å². The Morgan fingerprint density at radius 2 is 1.43 bits per heavy atom. The molecule has 21 heavy (non-hydrogen) atoms. The highest BCUT2D eigenvalue weighted by molar-refractivity contribution is 6.01. The van der Waals surface area contributed by atoms with Crippen molar-refractivity contribution in [3.8, 4) is 0 Å². The molecular formula is C13H8N2O6. The smallest absolute Gasteiger partial charge is 0.302 e. The second-order valence-electron chi connectivity index (χ2n) is 4.55. The molecular weight excluding hydrogens is 280 g/mol. The molecule has 0 saturated carbocycles. The van der Waals surface area contributed by atoms with Crippen LogP contribution in [0, 0.1) is 0 Å². The molecule has 2 aromatic heterocycles. The molecule has 0 radical (unpaired) electrons. The van der Waals surface area contributed by atoms with E-state index < -0.39 is 28.2 Å². The zero-order chi connectivity index (χ0) is 15.3. The Balaban J connectivity index is 2.54. The third-order valence-corrected chi connectivity index (χ3v) is 3.25. The van der Waals surface area contributed by atoms with E-state index in [-0.39, 0.29) is 33.7 Å². The van der Waals surface area contributed by atoms with Gasteiger partial charge in [-0.1, -0.05) is 0 Å². The Morgan fingerprint density at radius 1 is 0.952 bits per heavy atom. The lowest BCUT2D eigenvalue weighted by Crippen LogP contribution is -2.09. The third kappa shape index (κ3) is 1.80. The van der Waals surface area contributed by atoms with Gasteiger partial charge in [-0.05, 0) is 6.07 Å². The van der Waals surface area contributed by atoms with Crippen LogP contribution in [0.15, 0.2) is 25.2 Å². The van der Waals surface area contributed by atoms with Gasteiger partial charge in [-0.15, -0.1) is 0 Å². The molecule has 0 atom stereocenters. The van der Waals surface area contributed by atoms with Crippen LogP contribution >= 0.6 is 0 Å². The largest absolute Gasteiger partial charge is 0.461 e. The summed E-state index contributed by atoms with van der Waals surface area (Å²) in [4.78, 5) is 62.2. The van der Waals surface area contributed by atoms with Crippen molar-refractivity contribution in [2.24, 2.45) is 0 Å². The van der Waals surface area contributed by atoms with Crippen molar-refractivity contribution in [1.82, 2.24) is 9.97 Å². The lowest BCUT2D eigenvalue weighted by atomic mass is 10.0. The molecule has 8 nitrogen and oxygen atoms in total. The van der Waals surface area contributed by atoms with Gasteiger partial charge in [-0.25, -0.2) is 0 Å². The van der Waals surface area contributed by atoms with Gasteiger partial charge in [0, 0.05) is 12.5 Å². The Kier molecular flexibility index (Phi) is 2.62. The molecule has 3 rings (SSSR count). The molecule has 2 N–H and O–H groups in total. The van der Waals surface area contributed by atoms with Gasteiger partial charge in [0.05, 0.1) is 21.5 Å². The maximum Gasteiger partial charge on any atom is 0.302 e. The normalized spacial score (nSPS) is 11.3. The maximum absolute atomic E-state index is 11.8. The average Bonchev–Trinajstić information content (AvgIpc) is 2.85. The topological polar surface area (TPSA) is 126 Å². The minimum atomic E-state index is -0.688.